The Morgan fingerprint density at radius 2 is 1.84 bits per heavy atom. The van der Waals surface area contributed by atoms with Crippen LogP contribution in [0.25, 0.3) is 10.9 Å². The SMILES string of the molecule is COC1CN(S(=O)(=O)Nc2ccc(F)c(Nc3ccc4ncn(C)c(=O)c4c3Cl)c2Cl)C1. The van der Waals surface area contributed by atoms with E-state index in [2.05, 4.69) is 15.0 Å². The summed E-state index contributed by atoms with van der Waals surface area (Å²) >= 11 is 12.7. The number of methoxy groups -OCH3 is 1. The van der Waals surface area contributed by atoms with E-state index in [1.807, 2.05) is 0 Å². The lowest BCUT2D eigenvalue weighted by Gasteiger charge is -2.36. The molecule has 0 spiro atoms. The van der Waals surface area contributed by atoms with Crippen molar-refractivity contribution in [1.82, 2.24) is 13.9 Å². The zero-order valence-corrected chi connectivity index (χ0v) is 19.2. The average Bonchev–Trinajstić information content (AvgIpc) is 2.70. The number of nitrogens with one attached hydrogen (secondary N) is 2. The van der Waals surface area contributed by atoms with E-state index in [0.29, 0.717) is 5.52 Å². The third-order valence-electron chi connectivity index (χ3n) is 5.10. The smallest absolute Gasteiger partial charge is 0.301 e. The van der Waals surface area contributed by atoms with E-state index < -0.39 is 16.0 Å². The summed E-state index contributed by atoms with van der Waals surface area (Å²) in [6.07, 6.45) is 1.19. The van der Waals surface area contributed by atoms with Crippen LogP contribution < -0.4 is 15.6 Å². The predicted octanol–water partition coefficient (Wildman–Crippen LogP) is 3.11. The van der Waals surface area contributed by atoms with Gasteiger partial charge in [0, 0.05) is 27.2 Å². The molecule has 2 N–H and O–H groups in total. The fraction of sp³-hybridized carbons (Fsp3) is 0.263. The molecule has 32 heavy (non-hydrogen) atoms. The maximum absolute atomic E-state index is 14.6. The van der Waals surface area contributed by atoms with Crippen LogP contribution in [0, 0.1) is 5.82 Å². The maximum atomic E-state index is 14.6. The molecule has 1 saturated heterocycles. The van der Waals surface area contributed by atoms with Crippen LogP contribution in [0.15, 0.2) is 35.4 Å². The summed E-state index contributed by atoms with van der Waals surface area (Å²) < 4.78 is 49.6. The first-order valence-corrected chi connectivity index (χ1v) is 11.5. The van der Waals surface area contributed by atoms with Crippen LogP contribution in [0.3, 0.4) is 0 Å². The quantitative estimate of drug-likeness (QED) is 0.537. The Bertz CT molecular complexity index is 1380. The van der Waals surface area contributed by atoms with Crippen LogP contribution in [0.5, 0.6) is 0 Å². The molecule has 0 saturated carbocycles. The van der Waals surface area contributed by atoms with Gasteiger partial charge in [-0.1, -0.05) is 23.2 Å². The molecule has 1 fully saturated rings. The van der Waals surface area contributed by atoms with Gasteiger partial charge in [0.1, 0.15) is 5.82 Å². The van der Waals surface area contributed by atoms with Gasteiger partial charge in [-0.25, -0.2) is 9.37 Å². The van der Waals surface area contributed by atoms with E-state index in [1.165, 1.54) is 41.5 Å². The van der Waals surface area contributed by atoms with Crippen molar-refractivity contribution in [3.63, 3.8) is 0 Å². The number of fused-ring (bicyclic) bond motifs is 1. The minimum absolute atomic E-state index is 0.0223. The molecule has 1 aromatic heterocycles. The van der Waals surface area contributed by atoms with E-state index in [9.17, 15) is 17.6 Å². The molecule has 0 aliphatic carbocycles. The van der Waals surface area contributed by atoms with Crippen molar-refractivity contribution in [2.45, 2.75) is 6.10 Å². The molecule has 4 rings (SSSR count). The first-order chi connectivity index (χ1) is 15.1. The summed E-state index contributed by atoms with van der Waals surface area (Å²) in [7, 11) is -0.869. The molecule has 9 nitrogen and oxygen atoms in total. The Hall–Kier alpha value is -2.44. The Labute approximate surface area is 192 Å². The molecule has 2 heterocycles. The van der Waals surface area contributed by atoms with Gasteiger partial charge >= 0.3 is 10.2 Å². The topological polar surface area (TPSA) is 106 Å². The lowest BCUT2D eigenvalue weighted by atomic mass is 10.2. The normalized spacial score (nSPS) is 15.0. The molecule has 170 valence electrons. The molecule has 0 atom stereocenters. The van der Waals surface area contributed by atoms with E-state index in [1.54, 1.807) is 6.07 Å². The van der Waals surface area contributed by atoms with E-state index in [0.717, 1.165) is 6.07 Å². The van der Waals surface area contributed by atoms with Crippen LogP contribution in [0.4, 0.5) is 21.5 Å². The zero-order chi connectivity index (χ0) is 23.2. The summed E-state index contributed by atoms with van der Waals surface area (Å²) in [6, 6.07) is 5.36. The zero-order valence-electron chi connectivity index (χ0n) is 16.9. The number of hydrogen-bond donors (Lipinski definition) is 2. The van der Waals surface area contributed by atoms with Crippen molar-refractivity contribution in [3.05, 3.63) is 56.8 Å². The van der Waals surface area contributed by atoms with Crippen molar-refractivity contribution in [3.8, 4) is 0 Å². The van der Waals surface area contributed by atoms with Gasteiger partial charge in [0.25, 0.3) is 5.56 Å². The van der Waals surface area contributed by atoms with E-state index >= 15 is 0 Å². The predicted molar refractivity (Wildman–Crippen MR) is 122 cm³/mol. The molecule has 3 aromatic rings. The van der Waals surface area contributed by atoms with Gasteiger partial charge in [-0.3, -0.25) is 9.52 Å². The summed E-state index contributed by atoms with van der Waals surface area (Å²) in [6.45, 7) is 0.400. The van der Waals surface area contributed by atoms with Crippen LogP contribution in [0.1, 0.15) is 0 Å². The molecule has 0 radical (unpaired) electrons. The van der Waals surface area contributed by atoms with Gasteiger partial charge in [0.15, 0.2) is 0 Å². The second kappa shape index (κ2) is 8.49. The van der Waals surface area contributed by atoms with Crippen molar-refractivity contribution in [2.75, 3.05) is 30.2 Å². The first-order valence-electron chi connectivity index (χ1n) is 9.32. The van der Waals surface area contributed by atoms with Gasteiger partial charge < -0.3 is 14.6 Å². The van der Waals surface area contributed by atoms with Gasteiger partial charge in [0.05, 0.1) is 50.4 Å². The van der Waals surface area contributed by atoms with Crippen molar-refractivity contribution < 1.29 is 17.5 Å². The molecule has 1 aliphatic rings. The Kier molecular flexibility index (Phi) is 6.03. The third-order valence-corrected chi connectivity index (χ3v) is 7.34. The number of hydrogen-bond acceptors (Lipinski definition) is 6. The fourth-order valence-electron chi connectivity index (χ4n) is 3.18. The lowest BCUT2D eigenvalue weighted by molar-refractivity contribution is 0.0128. The number of aryl methyl sites for hydroxylation is 1. The van der Waals surface area contributed by atoms with E-state index in [-0.39, 0.29) is 57.2 Å². The molecule has 13 heteroatoms. The van der Waals surface area contributed by atoms with Gasteiger partial charge in [-0.2, -0.15) is 12.7 Å². The number of halogens is 3. The highest BCUT2D eigenvalue weighted by atomic mass is 35.5. The third kappa shape index (κ3) is 4.02. The number of benzene rings is 2. The molecule has 0 bridgehead atoms. The standard InChI is InChI=1S/C19H18Cl2FN5O4S/c1-26-9-23-12-5-6-13(16(20)15(12)19(26)28)24-18-11(22)3-4-14(17(18)21)25-32(29,30)27-7-10(8-27)31-2/h3-6,9-10,24-25H,7-8H2,1-2H3. The number of rotatable bonds is 6. The van der Waals surface area contributed by atoms with Crippen LogP contribution in [-0.2, 0) is 22.0 Å². The molecule has 1 aliphatic heterocycles. The van der Waals surface area contributed by atoms with Crippen LogP contribution >= 0.6 is 23.2 Å². The Balaban J connectivity index is 1.68. The average molecular weight is 502 g/mol. The molecular weight excluding hydrogens is 484 g/mol. The van der Waals surface area contributed by atoms with Crippen LogP contribution in [0.2, 0.25) is 10.0 Å². The largest absolute Gasteiger partial charge is 0.379 e. The minimum atomic E-state index is -3.90. The molecule has 2 aromatic carbocycles. The monoisotopic (exact) mass is 501 g/mol. The second-order valence-electron chi connectivity index (χ2n) is 7.17. The second-order valence-corrected chi connectivity index (χ2v) is 9.60. The van der Waals surface area contributed by atoms with Crippen molar-refractivity contribution >= 4 is 61.4 Å². The highest BCUT2D eigenvalue weighted by Crippen LogP contribution is 2.38. The molecular formula is C19H18Cl2FN5O4S. The highest BCUT2D eigenvalue weighted by molar-refractivity contribution is 7.90. The first kappa shape index (κ1) is 22.7. The summed E-state index contributed by atoms with van der Waals surface area (Å²) in [4.78, 5) is 16.6. The number of aromatic nitrogens is 2. The van der Waals surface area contributed by atoms with Gasteiger partial charge in [-0.05, 0) is 24.3 Å². The number of anilines is 3. The molecule has 0 amide bonds. The minimum Gasteiger partial charge on any atom is -0.379 e. The van der Waals surface area contributed by atoms with Crippen molar-refractivity contribution in [2.24, 2.45) is 7.05 Å². The summed E-state index contributed by atoms with van der Waals surface area (Å²) in [5, 5.41) is 2.75. The van der Waals surface area contributed by atoms with Gasteiger partial charge in [-0.15, -0.1) is 0 Å². The lowest BCUT2D eigenvalue weighted by Crippen LogP contribution is -2.55. The maximum Gasteiger partial charge on any atom is 0.301 e. The summed E-state index contributed by atoms with van der Waals surface area (Å²) in [5.74, 6) is -0.739. The molecule has 0 unspecified atom stereocenters. The number of ether oxygens (including phenoxy) is 1. The van der Waals surface area contributed by atoms with Gasteiger partial charge in [0.2, 0.25) is 0 Å². The Morgan fingerprint density at radius 1 is 1.16 bits per heavy atom. The van der Waals surface area contributed by atoms with Crippen LogP contribution in [-0.4, -0.2) is 48.6 Å². The Morgan fingerprint density at radius 3 is 2.53 bits per heavy atom. The highest BCUT2D eigenvalue weighted by Gasteiger charge is 2.36. The van der Waals surface area contributed by atoms with E-state index in [4.69, 9.17) is 27.9 Å². The van der Waals surface area contributed by atoms with Crippen molar-refractivity contribution in [1.29, 1.82) is 0 Å². The number of nitrogens with zero attached hydrogens (tertiary/aromatic N) is 3. The summed E-state index contributed by atoms with van der Waals surface area (Å²) in [5.41, 5.74) is -0.0184. The fourth-order valence-corrected chi connectivity index (χ4v) is 5.08.